The monoisotopic (exact) mass is 429 g/mol. The first-order valence-electron chi connectivity index (χ1n) is 10.5. The Kier molecular flexibility index (Phi) is 5.00. The molecule has 0 radical (unpaired) electrons. The van der Waals surface area contributed by atoms with Crippen LogP contribution in [0.15, 0.2) is 71.5 Å². The molecular weight excluding hydrogens is 405 g/mol. The molecule has 1 aliphatic rings. The molecule has 0 spiro atoms. The lowest BCUT2D eigenvalue weighted by molar-refractivity contribution is 0.402. The quantitative estimate of drug-likeness (QED) is 0.484. The zero-order valence-electron chi connectivity index (χ0n) is 17.9. The van der Waals surface area contributed by atoms with Crippen LogP contribution >= 0.6 is 0 Å². The second-order valence-electron chi connectivity index (χ2n) is 8.50. The number of nitrogens with one attached hydrogen (secondary N) is 1. The number of hydrogen-bond acceptors (Lipinski definition) is 5. The van der Waals surface area contributed by atoms with Crippen molar-refractivity contribution in [1.82, 2.24) is 15.1 Å². The van der Waals surface area contributed by atoms with Crippen LogP contribution in [0.2, 0.25) is 0 Å². The van der Waals surface area contributed by atoms with Crippen molar-refractivity contribution in [3.63, 3.8) is 0 Å². The number of aromatic nitrogens is 2. The van der Waals surface area contributed by atoms with Crippen LogP contribution in [0.3, 0.4) is 0 Å². The summed E-state index contributed by atoms with van der Waals surface area (Å²) in [5.74, 6) is 6.12. The van der Waals surface area contributed by atoms with E-state index in [4.69, 9.17) is 5.84 Å². The highest BCUT2D eigenvalue weighted by molar-refractivity contribution is 5.97. The smallest absolute Gasteiger partial charge is 0.272 e. The number of benzene rings is 3. The molecule has 0 bridgehead atoms. The fraction of sp³-hybridized carbons (Fsp3) is 0.200. The molecule has 3 N–H and O–H groups in total. The van der Waals surface area contributed by atoms with Crippen LogP contribution < -0.4 is 16.4 Å². The maximum absolute atomic E-state index is 13.7. The number of aromatic amines is 1. The van der Waals surface area contributed by atoms with E-state index in [1.807, 2.05) is 26.2 Å². The van der Waals surface area contributed by atoms with E-state index in [0.717, 1.165) is 34.4 Å². The van der Waals surface area contributed by atoms with Gasteiger partial charge in [-0.25, -0.2) is 15.3 Å². The third-order valence-corrected chi connectivity index (χ3v) is 6.06. The van der Waals surface area contributed by atoms with Gasteiger partial charge in [-0.05, 0) is 55.1 Å². The van der Waals surface area contributed by atoms with E-state index in [9.17, 15) is 9.18 Å². The Morgan fingerprint density at radius 1 is 1.03 bits per heavy atom. The molecule has 2 heterocycles. The van der Waals surface area contributed by atoms with Crippen molar-refractivity contribution in [3.8, 4) is 0 Å². The average Bonchev–Trinajstić information content (AvgIpc) is 2.78. The Morgan fingerprint density at radius 2 is 1.72 bits per heavy atom. The van der Waals surface area contributed by atoms with Gasteiger partial charge in [0.15, 0.2) is 0 Å². The molecule has 1 aromatic heterocycles. The fourth-order valence-corrected chi connectivity index (χ4v) is 4.67. The highest BCUT2D eigenvalue weighted by atomic mass is 19.1. The summed E-state index contributed by atoms with van der Waals surface area (Å²) in [4.78, 5) is 14.6. The van der Waals surface area contributed by atoms with Gasteiger partial charge in [0.1, 0.15) is 5.82 Å². The lowest BCUT2D eigenvalue weighted by Gasteiger charge is -2.40. The lowest BCUT2D eigenvalue weighted by Crippen LogP contribution is -2.42. The largest absolute Gasteiger partial charge is 0.305 e. The predicted molar refractivity (Wildman–Crippen MR) is 124 cm³/mol. The van der Waals surface area contributed by atoms with E-state index in [1.54, 1.807) is 23.2 Å². The van der Waals surface area contributed by atoms with Crippen LogP contribution in [-0.2, 0) is 6.54 Å². The Bertz CT molecular complexity index is 1330. The summed E-state index contributed by atoms with van der Waals surface area (Å²) < 4.78 is 13.7. The van der Waals surface area contributed by atoms with Crippen LogP contribution in [0.4, 0.5) is 10.1 Å². The Morgan fingerprint density at radius 3 is 2.41 bits per heavy atom. The van der Waals surface area contributed by atoms with Crippen LogP contribution in [0.25, 0.3) is 10.8 Å². The number of rotatable bonds is 4. The van der Waals surface area contributed by atoms with Crippen molar-refractivity contribution in [3.05, 3.63) is 105 Å². The topological polar surface area (TPSA) is 78.2 Å². The summed E-state index contributed by atoms with van der Waals surface area (Å²) in [5.41, 5.74) is 4.30. The van der Waals surface area contributed by atoms with Crippen molar-refractivity contribution in [2.45, 2.75) is 18.5 Å². The van der Waals surface area contributed by atoms with Crippen LogP contribution in [0, 0.1) is 5.82 Å². The molecule has 0 saturated heterocycles. The molecule has 5 rings (SSSR count). The molecule has 6 nitrogen and oxygen atoms in total. The molecule has 0 aliphatic carbocycles. The van der Waals surface area contributed by atoms with Gasteiger partial charge in [-0.3, -0.25) is 4.79 Å². The number of hydrogen-bond donors (Lipinski definition) is 2. The molecule has 32 heavy (non-hydrogen) atoms. The summed E-state index contributed by atoms with van der Waals surface area (Å²) in [6.07, 6.45) is 0. The third-order valence-electron chi connectivity index (χ3n) is 6.06. The number of nitrogens with two attached hydrogens (primary N) is 1. The standard InChI is InChI=1S/C25H24FN5O/c1-30(2)14-15-6-8-17(9-7-15)24-21(16-10-12-18(26)13-11-16)23-22-19(25(32)29-28-23)4-3-5-20(22)31(24)27/h3-13,21,24H,14,27H2,1-2H3,(H,29,32). The van der Waals surface area contributed by atoms with Gasteiger partial charge in [0.05, 0.1) is 28.7 Å². The van der Waals surface area contributed by atoms with Gasteiger partial charge >= 0.3 is 0 Å². The van der Waals surface area contributed by atoms with Gasteiger partial charge in [0.25, 0.3) is 5.56 Å². The van der Waals surface area contributed by atoms with Gasteiger partial charge < -0.3 is 9.91 Å². The molecule has 2 atom stereocenters. The molecule has 162 valence electrons. The third kappa shape index (κ3) is 3.36. The molecule has 7 heteroatoms. The minimum Gasteiger partial charge on any atom is -0.305 e. The maximum atomic E-state index is 13.7. The Labute approximate surface area is 185 Å². The minimum absolute atomic E-state index is 0.261. The molecule has 2 unspecified atom stereocenters. The van der Waals surface area contributed by atoms with Crippen LogP contribution in [-0.4, -0.2) is 29.2 Å². The maximum Gasteiger partial charge on any atom is 0.272 e. The zero-order valence-corrected chi connectivity index (χ0v) is 17.9. The van der Waals surface area contributed by atoms with E-state index in [0.29, 0.717) is 5.39 Å². The van der Waals surface area contributed by atoms with Gasteiger partial charge in [0, 0.05) is 11.9 Å². The summed E-state index contributed by atoms with van der Waals surface area (Å²) in [5, 5.41) is 10.1. The predicted octanol–water partition coefficient (Wildman–Crippen LogP) is 3.69. The average molecular weight is 429 g/mol. The number of halogens is 1. The van der Waals surface area contributed by atoms with Crippen molar-refractivity contribution < 1.29 is 4.39 Å². The molecule has 3 aromatic carbocycles. The summed E-state index contributed by atoms with van der Waals surface area (Å²) >= 11 is 0. The lowest BCUT2D eigenvalue weighted by atomic mass is 9.79. The second kappa shape index (κ2) is 7.85. The molecule has 0 fully saturated rings. The molecule has 1 aliphatic heterocycles. The first-order valence-corrected chi connectivity index (χ1v) is 10.5. The van der Waals surface area contributed by atoms with Crippen LogP contribution in [0.1, 0.15) is 34.3 Å². The number of nitrogens with zero attached hydrogens (tertiary/aromatic N) is 3. The highest BCUT2D eigenvalue weighted by Crippen LogP contribution is 2.48. The number of anilines is 1. The van der Waals surface area contributed by atoms with E-state index in [-0.39, 0.29) is 23.3 Å². The summed E-state index contributed by atoms with van der Waals surface area (Å²) in [7, 11) is 4.07. The Hall–Kier alpha value is -3.55. The van der Waals surface area contributed by atoms with Crippen molar-refractivity contribution >= 4 is 16.5 Å². The van der Waals surface area contributed by atoms with Gasteiger partial charge in [0.2, 0.25) is 0 Å². The van der Waals surface area contributed by atoms with E-state index in [1.165, 1.54) is 17.7 Å². The first-order chi connectivity index (χ1) is 15.4. The molecule has 0 saturated carbocycles. The summed E-state index contributed by atoms with van der Waals surface area (Å²) in [6.45, 7) is 0.837. The highest BCUT2D eigenvalue weighted by Gasteiger charge is 2.38. The summed E-state index contributed by atoms with van der Waals surface area (Å²) in [6, 6.07) is 20.0. The van der Waals surface area contributed by atoms with Crippen molar-refractivity contribution in [2.24, 2.45) is 5.84 Å². The van der Waals surface area contributed by atoms with Gasteiger partial charge in [-0.1, -0.05) is 42.5 Å². The first kappa shape index (κ1) is 20.4. The van der Waals surface area contributed by atoms with Crippen molar-refractivity contribution in [2.75, 3.05) is 19.1 Å². The Balaban J connectivity index is 1.72. The minimum atomic E-state index is -0.307. The number of H-pyrrole nitrogens is 1. The fourth-order valence-electron chi connectivity index (χ4n) is 4.67. The van der Waals surface area contributed by atoms with E-state index >= 15 is 0 Å². The van der Waals surface area contributed by atoms with Crippen LogP contribution in [0.5, 0.6) is 0 Å². The molecular formula is C25H24FN5O. The van der Waals surface area contributed by atoms with E-state index < -0.39 is 0 Å². The molecule has 4 aromatic rings. The van der Waals surface area contributed by atoms with Gasteiger partial charge in [-0.15, -0.1) is 0 Å². The normalized spacial score (nSPS) is 17.8. The zero-order chi connectivity index (χ0) is 22.4. The number of hydrazine groups is 1. The van der Waals surface area contributed by atoms with Crippen molar-refractivity contribution in [1.29, 1.82) is 0 Å². The van der Waals surface area contributed by atoms with E-state index in [2.05, 4.69) is 39.4 Å². The van der Waals surface area contributed by atoms with Gasteiger partial charge in [-0.2, -0.15) is 5.10 Å². The second-order valence-corrected chi connectivity index (χ2v) is 8.50. The SMILES string of the molecule is CN(C)Cc1ccc(C2C(c3ccc(F)cc3)c3n[nH]c(=O)c4cccc(c34)N2N)cc1. The molecule has 0 amide bonds.